The Morgan fingerprint density at radius 3 is 0.393 bits per heavy atom. The van der Waals surface area contributed by atoms with E-state index in [1.165, 1.54) is 347 Å². The van der Waals surface area contributed by atoms with Gasteiger partial charge < -0.3 is 5.11 Å². The molecule has 0 aliphatic rings. The van der Waals surface area contributed by atoms with Crippen LogP contribution in [0.25, 0.3) is 0 Å². The molecule has 0 radical (unpaired) electrons. The third-order valence-electron chi connectivity index (χ3n) is 14.2. The number of carboxylic acids is 1. The van der Waals surface area contributed by atoms with Crippen molar-refractivity contribution in [2.24, 2.45) is 0 Å². The van der Waals surface area contributed by atoms with Gasteiger partial charge in [-0.25, -0.2) is 0 Å². The number of carbonyl (C=O) groups is 1. The summed E-state index contributed by atoms with van der Waals surface area (Å²) in [5.74, 6) is -0.645. The minimum Gasteiger partial charge on any atom is -0.481 e. The average molecular weight is 860 g/mol. The molecular weight excluding hydrogens is 741 g/mol. The van der Waals surface area contributed by atoms with Crippen LogP contribution in [-0.2, 0) is 4.79 Å². The molecule has 0 rings (SSSR count). The van der Waals surface area contributed by atoms with E-state index in [2.05, 4.69) is 6.92 Å². The molecule has 0 aromatic carbocycles. The summed E-state index contributed by atoms with van der Waals surface area (Å²) in [6, 6.07) is 0. The van der Waals surface area contributed by atoms with Gasteiger partial charge in [-0.3, -0.25) is 4.79 Å². The number of hydrogen-bond donors (Lipinski definition) is 1. The highest BCUT2D eigenvalue weighted by atomic mass is 16.4. The number of aliphatic carboxylic acids is 1. The van der Waals surface area contributed by atoms with Gasteiger partial charge in [-0.05, 0) is 6.42 Å². The Kier molecular flexibility index (Phi) is 57.0. The van der Waals surface area contributed by atoms with Crippen LogP contribution in [-0.4, -0.2) is 11.1 Å². The first-order valence-corrected chi connectivity index (χ1v) is 29.5. The molecule has 0 aliphatic heterocycles. The van der Waals surface area contributed by atoms with Gasteiger partial charge in [-0.15, -0.1) is 0 Å². The van der Waals surface area contributed by atoms with E-state index < -0.39 is 5.97 Å². The van der Waals surface area contributed by atoms with E-state index in [1.807, 2.05) is 0 Å². The average Bonchev–Trinajstić information content (AvgIpc) is 3.26. The van der Waals surface area contributed by atoms with Crippen LogP contribution < -0.4 is 0 Å². The summed E-state index contributed by atoms with van der Waals surface area (Å²) in [5, 5.41) is 8.67. The second-order valence-electron chi connectivity index (χ2n) is 20.6. The van der Waals surface area contributed by atoms with Crippen molar-refractivity contribution in [2.45, 2.75) is 373 Å². The summed E-state index contributed by atoms with van der Waals surface area (Å²) in [6.07, 6.45) is 81.3. The van der Waals surface area contributed by atoms with E-state index in [9.17, 15) is 4.79 Å². The van der Waals surface area contributed by atoms with Crippen LogP contribution in [0.2, 0.25) is 0 Å². The van der Waals surface area contributed by atoms with Crippen LogP contribution in [0.1, 0.15) is 373 Å². The second kappa shape index (κ2) is 57.5. The zero-order valence-electron chi connectivity index (χ0n) is 42.7. The number of hydrogen-bond acceptors (Lipinski definition) is 1. The van der Waals surface area contributed by atoms with Crippen LogP contribution in [0.15, 0.2) is 0 Å². The molecule has 0 aromatic heterocycles. The van der Waals surface area contributed by atoms with Gasteiger partial charge in [-0.2, -0.15) is 0 Å². The van der Waals surface area contributed by atoms with Crippen LogP contribution in [0.5, 0.6) is 0 Å². The van der Waals surface area contributed by atoms with Crippen LogP contribution in [0.4, 0.5) is 0 Å². The lowest BCUT2D eigenvalue weighted by Gasteiger charge is -2.05. The fraction of sp³-hybridized carbons (Fsp3) is 0.983. The van der Waals surface area contributed by atoms with Crippen molar-refractivity contribution in [1.82, 2.24) is 0 Å². The van der Waals surface area contributed by atoms with E-state index in [1.54, 1.807) is 0 Å². The van der Waals surface area contributed by atoms with Crippen molar-refractivity contribution in [3.63, 3.8) is 0 Å². The molecule has 0 amide bonds. The van der Waals surface area contributed by atoms with Crippen LogP contribution in [0.3, 0.4) is 0 Å². The summed E-state index contributed by atoms with van der Waals surface area (Å²) in [5.41, 5.74) is 0. The quantitative estimate of drug-likeness (QED) is 0.0619. The molecule has 366 valence electrons. The van der Waals surface area contributed by atoms with E-state index in [0.29, 0.717) is 6.42 Å². The predicted octanol–water partition coefficient (Wildman–Crippen LogP) is 22.3. The maximum Gasteiger partial charge on any atom is 0.303 e. The molecule has 0 heterocycles. The molecule has 0 saturated carbocycles. The molecule has 2 heteroatoms. The van der Waals surface area contributed by atoms with E-state index in [4.69, 9.17) is 5.11 Å². The van der Waals surface area contributed by atoms with Gasteiger partial charge in [0.2, 0.25) is 0 Å². The third kappa shape index (κ3) is 59.5. The Morgan fingerprint density at radius 1 is 0.197 bits per heavy atom. The van der Waals surface area contributed by atoms with Crippen LogP contribution >= 0.6 is 0 Å². The van der Waals surface area contributed by atoms with Crippen molar-refractivity contribution < 1.29 is 9.90 Å². The molecule has 0 atom stereocenters. The molecular formula is C59H118O2. The lowest BCUT2D eigenvalue weighted by atomic mass is 10.0. The first-order valence-electron chi connectivity index (χ1n) is 29.5. The van der Waals surface area contributed by atoms with Gasteiger partial charge in [0.05, 0.1) is 0 Å². The van der Waals surface area contributed by atoms with E-state index in [0.717, 1.165) is 12.8 Å². The molecule has 0 unspecified atom stereocenters. The maximum absolute atomic E-state index is 10.5. The largest absolute Gasteiger partial charge is 0.481 e. The fourth-order valence-corrected chi connectivity index (χ4v) is 9.90. The number of unbranched alkanes of at least 4 members (excludes halogenated alkanes) is 55. The Morgan fingerprint density at radius 2 is 0.295 bits per heavy atom. The topological polar surface area (TPSA) is 37.3 Å². The maximum atomic E-state index is 10.5. The zero-order valence-corrected chi connectivity index (χ0v) is 42.7. The minimum absolute atomic E-state index is 0.347. The number of rotatable bonds is 57. The fourth-order valence-electron chi connectivity index (χ4n) is 9.90. The van der Waals surface area contributed by atoms with Crippen molar-refractivity contribution in [2.75, 3.05) is 0 Å². The molecule has 61 heavy (non-hydrogen) atoms. The van der Waals surface area contributed by atoms with Gasteiger partial charge >= 0.3 is 5.97 Å². The summed E-state index contributed by atoms with van der Waals surface area (Å²) >= 11 is 0. The van der Waals surface area contributed by atoms with Gasteiger partial charge in [0.25, 0.3) is 0 Å². The highest BCUT2D eigenvalue weighted by Crippen LogP contribution is 2.19. The molecule has 2 nitrogen and oxygen atoms in total. The van der Waals surface area contributed by atoms with Crippen LogP contribution in [0, 0.1) is 0 Å². The Labute approximate surface area is 387 Å². The van der Waals surface area contributed by atoms with Crippen molar-refractivity contribution in [3.05, 3.63) is 0 Å². The summed E-state index contributed by atoms with van der Waals surface area (Å²) in [7, 11) is 0. The summed E-state index contributed by atoms with van der Waals surface area (Å²) in [6.45, 7) is 2.31. The molecule has 0 bridgehead atoms. The second-order valence-corrected chi connectivity index (χ2v) is 20.6. The first-order chi connectivity index (χ1) is 30.3. The zero-order chi connectivity index (χ0) is 43.9. The SMILES string of the molecule is CCCCCCCCCCCCCCCCCCCCCCCCCCCCCCCCCCCCCCCCCCCCCCCCCCCCCCCCCCC(=O)O. The highest BCUT2D eigenvalue weighted by Gasteiger charge is 2.00. The first kappa shape index (κ1) is 60.5. The summed E-state index contributed by atoms with van der Waals surface area (Å²) in [4.78, 5) is 10.5. The van der Waals surface area contributed by atoms with Crippen molar-refractivity contribution in [3.8, 4) is 0 Å². The minimum atomic E-state index is -0.645. The molecule has 0 saturated heterocycles. The summed E-state index contributed by atoms with van der Waals surface area (Å²) < 4.78 is 0. The van der Waals surface area contributed by atoms with Gasteiger partial charge in [-0.1, -0.05) is 360 Å². The highest BCUT2D eigenvalue weighted by molar-refractivity contribution is 5.66. The predicted molar refractivity (Wildman–Crippen MR) is 276 cm³/mol. The van der Waals surface area contributed by atoms with Crippen molar-refractivity contribution >= 4 is 5.97 Å². The van der Waals surface area contributed by atoms with Gasteiger partial charge in [0.15, 0.2) is 0 Å². The third-order valence-corrected chi connectivity index (χ3v) is 14.2. The van der Waals surface area contributed by atoms with Gasteiger partial charge in [0, 0.05) is 6.42 Å². The monoisotopic (exact) mass is 859 g/mol. The van der Waals surface area contributed by atoms with E-state index >= 15 is 0 Å². The Balaban J connectivity index is 3.06. The molecule has 0 spiro atoms. The Bertz CT molecular complexity index is 762. The van der Waals surface area contributed by atoms with E-state index in [-0.39, 0.29) is 0 Å². The molecule has 1 N–H and O–H groups in total. The molecule has 0 aromatic rings. The smallest absolute Gasteiger partial charge is 0.303 e. The number of carboxylic acid groups (broad SMARTS) is 1. The molecule has 0 fully saturated rings. The standard InChI is InChI=1S/C59H118O2/c1-2-3-4-5-6-7-8-9-10-11-12-13-14-15-16-17-18-19-20-21-22-23-24-25-26-27-28-29-30-31-32-33-34-35-36-37-38-39-40-41-42-43-44-45-46-47-48-49-50-51-52-53-54-55-56-57-58-59(60)61/h2-58H2,1H3,(H,60,61). The lowest BCUT2D eigenvalue weighted by Crippen LogP contribution is -1.93. The van der Waals surface area contributed by atoms with Gasteiger partial charge in [0.1, 0.15) is 0 Å². The Hall–Kier alpha value is -0.530. The lowest BCUT2D eigenvalue weighted by molar-refractivity contribution is -0.137. The van der Waals surface area contributed by atoms with Crippen molar-refractivity contribution in [1.29, 1.82) is 0 Å². The normalized spacial score (nSPS) is 11.6. The molecule has 0 aliphatic carbocycles.